The molecule has 5 nitrogen and oxygen atoms in total. The Morgan fingerprint density at radius 1 is 1.16 bits per heavy atom. The molecule has 2 fully saturated rings. The highest BCUT2D eigenvalue weighted by Crippen LogP contribution is 2.51. The molecule has 1 aromatic carbocycles. The standard InChI is InChI=1S/C19H28N4OS/c1-3-20-18(23-13-11-22(12-14-23)16(2)24)21-15-19(9-10-19)25-17-7-5-4-6-8-17/h4-8H,3,9-15H2,1-2H3,(H,20,21). The molecule has 136 valence electrons. The number of hydrogen-bond donors (Lipinski definition) is 1. The maximum absolute atomic E-state index is 11.5. The van der Waals surface area contributed by atoms with Crippen molar-refractivity contribution in [2.45, 2.75) is 36.3 Å². The topological polar surface area (TPSA) is 47.9 Å². The monoisotopic (exact) mass is 360 g/mol. The van der Waals surface area contributed by atoms with Crippen LogP contribution in [0.2, 0.25) is 0 Å². The van der Waals surface area contributed by atoms with Crippen LogP contribution >= 0.6 is 11.8 Å². The summed E-state index contributed by atoms with van der Waals surface area (Å²) < 4.78 is 0.267. The van der Waals surface area contributed by atoms with Crippen LogP contribution in [0.3, 0.4) is 0 Å². The number of rotatable bonds is 5. The van der Waals surface area contributed by atoms with Crippen LogP contribution in [0.1, 0.15) is 26.7 Å². The molecule has 2 aliphatic rings. The molecule has 1 N–H and O–H groups in total. The van der Waals surface area contributed by atoms with Gasteiger partial charge in [-0.25, -0.2) is 0 Å². The van der Waals surface area contributed by atoms with E-state index < -0.39 is 0 Å². The molecule has 1 saturated heterocycles. The molecule has 1 saturated carbocycles. The minimum Gasteiger partial charge on any atom is -0.357 e. The lowest BCUT2D eigenvalue weighted by Crippen LogP contribution is -2.53. The van der Waals surface area contributed by atoms with E-state index in [1.54, 1.807) is 6.92 Å². The van der Waals surface area contributed by atoms with Crippen LogP contribution in [-0.2, 0) is 4.79 Å². The third-order valence-corrected chi connectivity index (χ3v) is 6.24. The van der Waals surface area contributed by atoms with Crippen LogP contribution in [0.4, 0.5) is 0 Å². The number of thioether (sulfide) groups is 1. The average molecular weight is 361 g/mol. The van der Waals surface area contributed by atoms with Crippen molar-refractivity contribution in [2.24, 2.45) is 4.99 Å². The lowest BCUT2D eigenvalue weighted by molar-refractivity contribution is -0.130. The zero-order valence-corrected chi connectivity index (χ0v) is 16.0. The van der Waals surface area contributed by atoms with Crippen LogP contribution in [0.5, 0.6) is 0 Å². The summed E-state index contributed by atoms with van der Waals surface area (Å²) in [6, 6.07) is 10.6. The molecule has 1 amide bonds. The Bertz CT molecular complexity index is 607. The maximum Gasteiger partial charge on any atom is 0.219 e. The Balaban J connectivity index is 1.60. The molecule has 25 heavy (non-hydrogen) atoms. The normalized spacial score (nSPS) is 19.7. The van der Waals surface area contributed by atoms with Gasteiger partial charge in [-0.15, -0.1) is 11.8 Å². The Morgan fingerprint density at radius 2 is 1.80 bits per heavy atom. The molecule has 0 radical (unpaired) electrons. The predicted octanol–water partition coefficient (Wildman–Crippen LogP) is 2.44. The molecule has 0 aromatic heterocycles. The Hall–Kier alpha value is -1.69. The van der Waals surface area contributed by atoms with Gasteiger partial charge in [0, 0.05) is 49.3 Å². The molecule has 0 spiro atoms. The van der Waals surface area contributed by atoms with E-state index in [9.17, 15) is 4.79 Å². The van der Waals surface area contributed by atoms with Gasteiger partial charge in [0.2, 0.25) is 5.91 Å². The van der Waals surface area contributed by atoms with Crippen molar-refractivity contribution in [2.75, 3.05) is 39.3 Å². The van der Waals surface area contributed by atoms with Gasteiger partial charge in [-0.05, 0) is 31.9 Å². The van der Waals surface area contributed by atoms with E-state index in [1.165, 1.54) is 17.7 Å². The van der Waals surface area contributed by atoms with Gasteiger partial charge in [0.05, 0.1) is 6.54 Å². The van der Waals surface area contributed by atoms with Crippen molar-refractivity contribution in [3.8, 4) is 0 Å². The zero-order chi connectivity index (χ0) is 17.7. The Labute approximate surface area is 154 Å². The summed E-state index contributed by atoms with van der Waals surface area (Å²) in [4.78, 5) is 22.0. The van der Waals surface area contributed by atoms with E-state index in [2.05, 4.69) is 47.5 Å². The largest absolute Gasteiger partial charge is 0.357 e. The summed E-state index contributed by atoms with van der Waals surface area (Å²) >= 11 is 1.96. The summed E-state index contributed by atoms with van der Waals surface area (Å²) in [7, 11) is 0. The first-order valence-electron chi connectivity index (χ1n) is 9.15. The number of nitrogens with zero attached hydrogens (tertiary/aromatic N) is 3. The lowest BCUT2D eigenvalue weighted by atomic mass is 10.3. The van der Waals surface area contributed by atoms with Gasteiger partial charge in [0.25, 0.3) is 0 Å². The second kappa shape index (κ2) is 8.13. The highest BCUT2D eigenvalue weighted by molar-refractivity contribution is 8.01. The fourth-order valence-corrected chi connectivity index (χ4v) is 4.28. The second-order valence-corrected chi connectivity index (χ2v) is 8.30. The SMILES string of the molecule is CCNC(=NCC1(Sc2ccccc2)CC1)N1CCN(C(C)=O)CC1. The number of aliphatic imine (C=N–C) groups is 1. The zero-order valence-electron chi connectivity index (χ0n) is 15.2. The van der Waals surface area contributed by atoms with E-state index in [0.29, 0.717) is 0 Å². The highest BCUT2D eigenvalue weighted by Gasteiger charge is 2.43. The maximum atomic E-state index is 11.5. The molecular weight excluding hydrogens is 332 g/mol. The van der Waals surface area contributed by atoms with Crippen LogP contribution < -0.4 is 5.32 Å². The number of carbonyl (C=O) groups excluding carboxylic acids is 1. The second-order valence-electron chi connectivity index (χ2n) is 6.76. The first-order chi connectivity index (χ1) is 12.1. The molecule has 1 heterocycles. The quantitative estimate of drug-likeness (QED) is 0.647. The van der Waals surface area contributed by atoms with Crippen molar-refractivity contribution in [1.29, 1.82) is 0 Å². The fourth-order valence-electron chi connectivity index (χ4n) is 3.05. The lowest BCUT2D eigenvalue weighted by Gasteiger charge is -2.36. The van der Waals surface area contributed by atoms with E-state index in [0.717, 1.165) is 45.2 Å². The number of guanidine groups is 1. The molecule has 0 unspecified atom stereocenters. The van der Waals surface area contributed by atoms with Crippen LogP contribution in [0.15, 0.2) is 40.2 Å². The van der Waals surface area contributed by atoms with Crippen molar-refractivity contribution in [1.82, 2.24) is 15.1 Å². The highest BCUT2D eigenvalue weighted by atomic mass is 32.2. The van der Waals surface area contributed by atoms with E-state index in [-0.39, 0.29) is 10.7 Å². The summed E-state index contributed by atoms with van der Waals surface area (Å²) in [5.74, 6) is 1.16. The summed E-state index contributed by atoms with van der Waals surface area (Å²) in [6.45, 7) is 8.73. The molecule has 1 aliphatic carbocycles. The van der Waals surface area contributed by atoms with Crippen LogP contribution in [0.25, 0.3) is 0 Å². The summed E-state index contributed by atoms with van der Waals surface area (Å²) in [5.41, 5.74) is 0. The van der Waals surface area contributed by atoms with Gasteiger partial charge in [0.15, 0.2) is 5.96 Å². The van der Waals surface area contributed by atoms with Gasteiger partial charge < -0.3 is 15.1 Å². The van der Waals surface area contributed by atoms with Crippen molar-refractivity contribution < 1.29 is 4.79 Å². The van der Waals surface area contributed by atoms with Crippen LogP contribution in [0, 0.1) is 0 Å². The number of nitrogens with one attached hydrogen (secondary N) is 1. The van der Waals surface area contributed by atoms with E-state index in [1.807, 2.05) is 16.7 Å². The Kier molecular flexibility index (Phi) is 5.89. The van der Waals surface area contributed by atoms with E-state index >= 15 is 0 Å². The molecule has 1 aliphatic heterocycles. The molecule has 6 heteroatoms. The fraction of sp³-hybridized carbons (Fsp3) is 0.579. The third-order valence-electron chi connectivity index (χ3n) is 4.76. The third kappa shape index (κ3) is 4.91. The number of amides is 1. The molecule has 0 atom stereocenters. The van der Waals surface area contributed by atoms with Crippen molar-refractivity contribution in [3.63, 3.8) is 0 Å². The van der Waals surface area contributed by atoms with Gasteiger partial charge in [-0.2, -0.15) is 0 Å². The smallest absolute Gasteiger partial charge is 0.219 e. The number of benzene rings is 1. The summed E-state index contributed by atoms with van der Waals surface area (Å²) in [5, 5.41) is 3.42. The summed E-state index contributed by atoms with van der Waals surface area (Å²) in [6.07, 6.45) is 2.46. The van der Waals surface area contributed by atoms with Crippen LogP contribution in [-0.4, -0.2) is 65.7 Å². The van der Waals surface area contributed by atoms with E-state index in [4.69, 9.17) is 4.99 Å². The average Bonchev–Trinajstić information content (AvgIpc) is 3.39. The Morgan fingerprint density at radius 3 is 2.36 bits per heavy atom. The van der Waals surface area contributed by atoms with Gasteiger partial charge in [-0.3, -0.25) is 9.79 Å². The predicted molar refractivity (Wildman–Crippen MR) is 104 cm³/mol. The first-order valence-corrected chi connectivity index (χ1v) is 9.96. The number of carbonyl (C=O) groups is 1. The molecule has 3 rings (SSSR count). The van der Waals surface area contributed by atoms with Gasteiger partial charge in [-0.1, -0.05) is 18.2 Å². The van der Waals surface area contributed by atoms with Gasteiger partial charge >= 0.3 is 0 Å². The first kappa shape index (κ1) is 18.1. The van der Waals surface area contributed by atoms with Crippen molar-refractivity contribution in [3.05, 3.63) is 30.3 Å². The number of piperazine rings is 1. The molecular formula is C19H28N4OS. The molecule has 0 bridgehead atoms. The van der Waals surface area contributed by atoms with Gasteiger partial charge in [0.1, 0.15) is 0 Å². The number of hydrogen-bond acceptors (Lipinski definition) is 3. The minimum absolute atomic E-state index is 0.165. The minimum atomic E-state index is 0.165. The molecule has 1 aromatic rings. The van der Waals surface area contributed by atoms with Crippen molar-refractivity contribution >= 4 is 23.6 Å².